The van der Waals surface area contributed by atoms with Gasteiger partial charge in [-0.2, -0.15) is 5.26 Å². The number of esters is 1. The lowest BCUT2D eigenvalue weighted by Gasteiger charge is -2.14. The van der Waals surface area contributed by atoms with E-state index in [1.54, 1.807) is 18.2 Å². The molecule has 24 heavy (non-hydrogen) atoms. The molecule has 1 N–H and O–H groups in total. The van der Waals surface area contributed by atoms with Crippen molar-refractivity contribution in [3.8, 4) is 6.07 Å². The van der Waals surface area contributed by atoms with Gasteiger partial charge in [-0.3, -0.25) is 4.79 Å². The van der Waals surface area contributed by atoms with Crippen LogP contribution in [0.1, 0.15) is 22.8 Å². The van der Waals surface area contributed by atoms with Crippen LogP contribution in [0.5, 0.6) is 0 Å². The lowest BCUT2D eigenvalue weighted by molar-refractivity contribution is -0.123. The van der Waals surface area contributed by atoms with E-state index < -0.39 is 18.0 Å². The van der Waals surface area contributed by atoms with E-state index in [-0.39, 0.29) is 10.6 Å². The van der Waals surface area contributed by atoms with E-state index in [1.165, 1.54) is 31.2 Å². The Hall–Kier alpha value is -2.55. The van der Waals surface area contributed by atoms with Crippen LogP contribution in [0, 0.1) is 11.3 Å². The van der Waals surface area contributed by atoms with Crippen LogP contribution in [0.2, 0.25) is 10.0 Å². The molecule has 0 aromatic heterocycles. The molecule has 0 saturated heterocycles. The van der Waals surface area contributed by atoms with Crippen molar-refractivity contribution in [3.63, 3.8) is 0 Å². The quantitative estimate of drug-likeness (QED) is 0.832. The Balaban J connectivity index is 2.03. The number of hydrogen-bond donors (Lipinski definition) is 1. The van der Waals surface area contributed by atoms with Crippen LogP contribution >= 0.6 is 23.2 Å². The molecule has 0 bridgehead atoms. The van der Waals surface area contributed by atoms with Gasteiger partial charge in [0.25, 0.3) is 5.91 Å². The van der Waals surface area contributed by atoms with Crippen molar-refractivity contribution in [3.05, 3.63) is 63.6 Å². The number of hydrogen-bond acceptors (Lipinski definition) is 4. The Kier molecular flexibility index (Phi) is 5.80. The van der Waals surface area contributed by atoms with Crippen molar-refractivity contribution < 1.29 is 14.3 Å². The highest BCUT2D eigenvalue weighted by Gasteiger charge is 2.20. The first kappa shape index (κ1) is 17.8. The van der Waals surface area contributed by atoms with Gasteiger partial charge in [0.2, 0.25) is 0 Å². The van der Waals surface area contributed by atoms with Gasteiger partial charge in [0.15, 0.2) is 6.10 Å². The van der Waals surface area contributed by atoms with Gasteiger partial charge in [-0.05, 0) is 43.3 Å². The molecule has 1 amide bonds. The second-order valence-corrected chi connectivity index (χ2v) is 5.70. The zero-order chi connectivity index (χ0) is 17.7. The molecule has 0 unspecified atom stereocenters. The normalized spacial score (nSPS) is 11.2. The van der Waals surface area contributed by atoms with Crippen LogP contribution in [-0.2, 0) is 9.53 Å². The number of halogens is 2. The molecule has 2 aromatic carbocycles. The van der Waals surface area contributed by atoms with Crippen LogP contribution in [0.4, 0.5) is 5.69 Å². The minimum absolute atomic E-state index is 0.118. The molecule has 0 aliphatic carbocycles. The highest BCUT2D eigenvalue weighted by Crippen LogP contribution is 2.22. The molecule has 0 aliphatic heterocycles. The summed E-state index contributed by atoms with van der Waals surface area (Å²) in [6.07, 6.45) is -1.05. The second kappa shape index (κ2) is 7.82. The molecule has 7 heteroatoms. The SMILES string of the molecule is C[C@@H](OC(=O)c1ccc(Cl)cc1Cl)C(=O)Nc1cccc(C#N)c1. The predicted octanol–water partition coefficient (Wildman–Crippen LogP) is 4.05. The van der Waals surface area contributed by atoms with E-state index in [2.05, 4.69) is 5.32 Å². The first-order chi connectivity index (χ1) is 11.4. The number of nitriles is 1. The Morgan fingerprint density at radius 1 is 1.21 bits per heavy atom. The molecular formula is C17H12Cl2N2O3. The maximum absolute atomic E-state index is 12.1. The fraction of sp³-hybridized carbons (Fsp3) is 0.118. The summed E-state index contributed by atoms with van der Waals surface area (Å²) >= 11 is 11.7. The molecule has 2 rings (SSSR count). The van der Waals surface area contributed by atoms with Crippen molar-refractivity contribution in [2.24, 2.45) is 0 Å². The number of anilines is 1. The third-order valence-electron chi connectivity index (χ3n) is 3.06. The molecule has 0 fully saturated rings. The third-order valence-corrected chi connectivity index (χ3v) is 3.61. The van der Waals surface area contributed by atoms with Crippen LogP contribution in [0.15, 0.2) is 42.5 Å². The fourth-order valence-corrected chi connectivity index (χ4v) is 2.33. The largest absolute Gasteiger partial charge is 0.449 e. The number of rotatable bonds is 4. The number of amides is 1. The lowest BCUT2D eigenvalue weighted by Crippen LogP contribution is -2.30. The minimum atomic E-state index is -1.05. The predicted molar refractivity (Wildman–Crippen MR) is 91.1 cm³/mol. The molecular weight excluding hydrogens is 351 g/mol. The smallest absolute Gasteiger partial charge is 0.340 e. The maximum atomic E-state index is 12.1. The van der Waals surface area contributed by atoms with Gasteiger partial charge in [0.05, 0.1) is 22.2 Å². The third kappa shape index (κ3) is 4.48. The molecule has 5 nitrogen and oxygen atoms in total. The number of nitrogens with zero attached hydrogens (tertiary/aromatic N) is 1. The van der Waals surface area contributed by atoms with E-state index in [9.17, 15) is 9.59 Å². The van der Waals surface area contributed by atoms with Crippen molar-refractivity contribution in [2.75, 3.05) is 5.32 Å². The standard InChI is InChI=1S/C17H12Cl2N2O3/c1-10(16(22)21-13-4-2-3-11(7-13)9-20)24-17(23)14-6-5-12(18)8-15(14)19/h2-8,10H,1H3,(H,21,22)/t10-/m1/s1. The van der Waals surface area contributed by atoms with Gasteiger partial charge in [-0.25, -0.2) is 4.79 Å². The highest BCUT2D eigenvalue weighted by molar-refractivity contribution is 6.36. The summed E-state index contributed by atoms with van der Waals surface area (Å²) in [6, 6.07) is 12.7. The van der Waals surface area contributed by atoms with Crippen molar-refractivity contribution in [2.45, 2.75) is 13.0 Å². The van der Waals surface area contributed by atoms with Crippen molar-refractivity contribution in [1.29, 1.82) is 5.26 Å². The van der Waals surface area contributed by atoms with Gasteiger partial charge in [0, 0.05) is 10.7 Å². The summed E-state index contributed by atoms with van der Waals surface area (Å²) in [7, 11) is 0. The van der Waals surface area contributed by atoms with Gasteiger partial charge in [-0.1, -0.05) is 29.3 Å². The topological polar surface area (TPSA) is 79.2 Å². The van der Waals surface area contributed by atoms with E-state index >= 15 is 0 Å². The van der Waals surface area contributed by atoms with Gasteiger partial charge < -0.3 is 10.1 Å². The van der Waals surface area contributed by atoms with E-state index in [0.29, 0.717) is 16.3 Å². The molecule has 1 atom stereocenters. The molecule has 0 spiro atoms. The van der Waals surface area contributed by atoms with Gasteiger partial charge in [0.1, 0.15) is 0 Å². The second-order valence-electron chi connectivity index (χ2n) is 4.85. The summed E-state index contributed by atoms with van der Waals surface area (Å²) in [4.78, 5) is 24.2. The molecule has 0 saturated carbocycles. The Morgan fingerprint density at radius 3 is 2.62 bits per heavy atom. The number of ether oxygens (including phenoxy) is 1. The zero-order valence-corrected chi connectivity index (χ0v) is 14.1. The molecule has 122 valence electrons. The Bertz CT molecular complexity index is 831. The van der Waals surface area contributed by atoms with Gasteiger partial charge >= 0.3 is 5.97 Å². The summed E-state index contributed by atoms with van der Waals surface area (Å²) in [5.41, 5.74) is 0.962. The number of nitrogens with one attached hydrogen (secondary N) is 1. The van der Waals surface area contributed by atoms with Crippen LogP contribution in [0.3, 0.4) is 0 Å². The molecule has 0 heterocycles. The maximum Gasteiger partial charge on any atom is 0.340 e. The van der Waals surface area contributed by atoms with Crippen molar-refractivity contribution in [1.82, 2.24) is 0 Å². The molecule has 0 aliphatic rings. The summed E-state index contributed by atoms with van der Waals surface area (Å²) < 4.78 is 5.10. The monoisotopic (exact) mass is 362 g/mol. The fourth-order valence-electron chi connectivity index (χ4n) is 1.84. The van der Waals surface area contributed by atoms with Crippen LogP contribution in [0.25, 0.3) is 0 Å². The average molecular weight is 363 g/mol. The van der Waals surface area contributed by atoms with E-state index in [1.807, 2.05) is 6.07 Å². The van der Waals surface area contributed by atoms with Gasteiger partial charge in [-0.15, -0.1) is 0 Å². The number of benzene rings is 2. The first-order valence-electron chi connectivity index (χ1n) is 6.88. The Morgan fingerprint density at radius 2 is 1.96 bits per heavy atom. The minimum Gasteiger partial charge on any atom is -0.449 e. The van der Waals surface area contributed by atoms with Crippen LogP contribution in [-0.4, -0.2) is 18.0 Å². The lowest BCUT2D eigenvalue weighted by atomic mass is 10.2. The molecule has 2 aromatic rings. The number of carbonyl (C=O) groups excluding carboxylic acids is 2. The van der Waals surface area contributed by atoms with Crippen molar-refractivity contribution >= 4 is 40.8 Å². The van der Waals surface area contributed by atoms with Crippen LogP contribution < -0.4 is 5.32 Å². The summed E-state index contributed by atoms with van der Waals surface area (Å²) in [5, 5.41) is 11.9. The van der Waals surface area contributed by atoms with E-state index in [4.69, 9.17) is 33.2 Å². The summed E-state index contributed by atoms with van der Waals surface area (Å²) in [5.74, 6) is -1.26. The average Bonchev–Trinajstić information content (AvgIpc) is 2.54. The Labute approximate surface area is 148 Å². The molecule has 0 radical (unpaired) electrons. The van der Waals surface area contributed by atoms with E-state index in [0.717, 1.165) is 0 Å². The summed E-state index contributed by atoms with van der Waals surface area (Å²) in [6.45, 7) is 1.44. The highest BCUT2D eigenvalue weighted by atomic mass is 35.5. The number of carbonyl (C=O) groups is 2. The first-order valence-corrected chi connectivity index (χ1v) is 7.63. The zero-order valence-electron chi connectivity index (χ0n) is 12.5.